The van der Waals surface area contributed by atoms with Gasteiger partial charge in [-0.05, 0) is 69.4 Å². The van der Waals surface area contributed by atoms with Gasteiger partial charge in [0, 0.05) is 19.6 Å². The molecule has 0 saturated heterocycles. The number of ether oxygens (including phenoxy) is 1. The second-order valence-electron chi connectivity index (χ2n) is 8.84. The topological polar surface area (TPSA) is 49.9 Å². The first-order chi connectivity index (χ1) is 12.5. The van der Waals surface area contributed by atoms with Crippen LogP contribution in [0, 0.1) is 23.2 Å². The molecule has 1 amide bonds. The van der Waals surface area contributed by atoms with E-state index in [0.717, 1.165) is 63.2 Å². The van der Waals surface area contributed by atoms with Crippen molar-refractivity contribution in [3.63, 3.8) is 0 Å². The Hall–Kier alpha value is -1.10. The largest absolute Gasteiger partial charge is 0.469 e. The Balaban J connectivity index is 1.70. The smallest absolute Gasteiger partial charge is 0.307 e. The summed E-state index contributed by atoms with van der Waals surface area (Å²) in [6, 6.07) is 0. The number of carbonyl (C=O) groups is 2. The van der Waals surface area contributed by atoms with Gasteiger partial charge in [0.2, 0.25) is 5.91 Å². The fourth-order valence-electron chi connectivity index (χ4n) is 6.15. The summed E-state index contributed by atoms with van der Waals surface area (Å²) >= 11 is 0. The number of esters is 1. The van der Waals surface area contributed by atoms with Gasteiger partial charge in [0.15, 0.2) is 0 Å². The minimum absolute atomic E-state index is 0.131. The molecule has 0 aromatic heterocycles. The molecule has 0 aromatic rings. The van der Waals surface area contributed by atoms with Gasteiger partial charge in [0.05, 0.1) is 18.9 Å². The molecular formula is C21H36N2O3. The molecule has 0 aliphatic heterocycles. The summed E-state index contributed by atoms with van der Waals surface area (Å²) in [7, 11) is 1.42. The van der Waals surface area contributed by atoms with Gasteiger partial charge in [-0.15, -0.1) is 0 Å². The quantitative estimate of drug-likeness (QED) is 0.590. The zero-order valence-electron chi connectivity index (χ0n) is 16.8. The maximum Gasteiger partial charge on any atom is 0.307 e. The molecule has 0 atom stereocenters. The molecule has 4 fully saturated rings. The predicted molar refractivity (Wildman–Crippen MR) is 102 cm³/mol. The number of hydrogen-bond acceptors (Lipinski definition) is 4. The molecule has 4 rings (SSSR count). The van der Waals surface area contributed by atoms with Crippen LogP contribution in [0.4, 0.5) is 0 Å². The van der Waals surface area contributed by atoms with Gasteiger partial charge in [-0.1, -0.05) is 13.8 Å². The molecule has 4 aliphatic carbocycles. The Labute approximate surface area is 158 Å². The fraction of sp³-hybridized carbons (Fsp3) is 0.905. The molecule has 4 bridgehead atoms. The number of rotatable bonds is 9. The third kappa shape index (κ3) is 4.08. The maximum absolute atomic E-state index is 13.6. The van der Waals surface area contributed by atoms with E-state index in [4.69, 9.17) is 4.74 Å². The van der Waals surface area contributed by atoms with Crippen molar-refractivity contribution in [3.8, 4) is 0 Å². The van der Waals surface area contributed by atoms with Crippen LogP contribution in [0.2, 0.25) is 0 Å². The van der Waals surface area contributed by atoms with Crippen LogP contribution in [0.25, 0.3) is 0 Å². The van der Waals surface area contributed by atoms with E-state index in [-0.39, 0.29) is 11.4 Å². The van der Waals surface area contributed by atoms with Crippen molar-refractivity contribution in [2.45, 2.75) is 58.8 Å². The molecule has 0 N–H and O–H groups in total. The average Bonchev–Trinajstić information content (AvgIpc) is 2.63. The van der Waals surface area contributed by atoms with Crippen LogP contribution < -0.4 is 0 Å². The summed E-state index contributed by atoms with van der Waals surface area (Å²) < 4.78 is 4.81. The lowest BCUT2D eigenvalue weighted by Gasteiger charge is -2.56. The molecule has 0 radical (unpaired) electrons. The molecule has 26 heavy (non-hydrogen) atoms. The van der Waals surface area contributed by atoms with E-state index in [9.17, 15) is 9.59 Å². The van der Waals surface area contributed by atoms with Gasteiger partial charge in [-0.25, -0.2) is 0 Å². The molecule has 148 valence electrons. The highest BCUT2D eigenvalue weighted by atomic mass is 16.5. The van der Waals surface area contributed by atoms with Crippen molar-refractivity contribution in [3.05, 3.63) is 0 Å². The Morgan fingerprint density at radius 3 is 1.92 bits per heavy atom. The zero-order valence-corrected chi connectivity index (χ0v) is 16.8. The average molecular weight is 365 g/mol. The van der Waals surface area contributed by atoms with Gasteiger partial charge in [0.25, 0.3) is 0 Å². The Morgan fingerprint density at radius 1 is 0.923 bits per heavy atom. The molecule has 5 heteroatoms. The number of amides is 1. The van der Waals surface area contributed by atoms with Crippen LogP contribution in [-0.4, -0.2) is 61.5 Å². The van der Waals surface area contributed by atoms with E-state index >= 15 is 0 Å². The SMILES string of the molecule is CCN(CC)CCN(CCC(=O)OC)C(=O)C12CC3CC(CC(C3)C1)C2. The Morgan fingerprint density at radius 2 is 1.46 bits per heavy atom. The Bertz CT molecular complexity index is 480. The van der Waals surface area contributed by atoms with E-state index in [1.165, 1.54) is 26.4 Å². The number of methoxy groups -OCH3 is 1. The van der Waals surface area contributed by atoms with Crippen LogP contribution in [0.15, 0.2) is 0 Å². The van der Waals surface area contributed by atoms with E-state index in [1.54, 1.807) is 0 Å². The van der Waals surface area contributed by atoms with E-state index in [0.29, 0.717) is 18.9 Å². The summed E-state index contributed by atoms with van der Waals surface area (Å²) in [4.78, 5) is 29.6. The minimum atomic E-state index is -0.226. The third-order valence-corrected chi connectivity index (χ3v) is 7.17. The molecule has 0 heterocycles. The lowest BCUT2D eigenvalue weighted by molar-refractivity contribution is -0.158. The summed E-state index contributed by atoms with van der Waals surface area (Å²) in [5.41, 5.74) is -0.131. The van der Waals surface area contributed by atoms with Crippen molar-refractivity contribution in [1.82, 2.24) is 9.80 Å². The lowest BCUT2D eigenvalue weighted by Crippen LogP contribution is -2.55. The second kappa shape index (κ2) is 8.28. The van der Waals surface area contributed by atoms with Gasteiger partial charge in [-0.2, -0.15) is 0 Å². The molecule has 0 spiro atoms. The van der Waals surface area contributed by atoms with Crippen molar-refractivity contribution in [1.29, 1.82) is 0 Å². The lowest BCUT2D eigenvalue weighted by atomic mass is 9.49. The monoisotopic (exact) mass is 364 g/mol. The van der Waals surface area contributed by atoms with E-state index < -0.39 is 0 Å². The van der Waals surface area contributed by atoms with E-state index in [1.807, 2.05) is 4.90 Å². The Kier molecular flexibility index (Phi) is 6.26. The van der Waals surface area contributed by atoms with E-state index in [2.05, 4.69) is 18.7 Å². The highest BCUT2D eigenvalue weighted by molar-refractivity contribution is 5.84. The van der Waals surface area contributed by atoms with Crippen LogP contribution >= 0.6 is 0 Å². The van der Waals surface area contributed by atoms with Crippen molar-refractivity contribution < 1.29 is 14.3 Å². The highest BCUT2D eigenvalue weighted by Gasteiger charge is 2.55. The van der Waals surface area contributed by atoms with Crippen LogP contribution in [0.1, 0.15) is 58.8 Å². The second-order valence-corrected chi connectivity index (χ2v) is 8.84. The maximum atomic E-state index is 13.6. The molecule has 0 aromatic carbocycles. The molecule has 0 unspecified atom stereocenters. The van der Waals surface area contributed by atoms with Gasteiger partial charge < -0.3 is 14.5 Å². The van der Waals surface area contributed by atoms with Crippen LogP contribution in [-0.2, 0) is 14.3 Å². The molecule has 5 nitrogen and oxygen atoms in total. The standard InChI is InChI=1S/C21H36N2O3/c1-4-22(5-2)8-9-23(7-6-19(24)26-3)20(25)21-13-16-10-17(14-21)12-18(11-16)15-21/h16-18H,4-15H2,1-3H3. The van der Waals surface area contributed by atoms with Crippen molar-refractivity contribution in [2.24, 2.45) is 23.2 Å². The number of hydrogen-bond donors (Lipinski definition) is 0. The van der Waals surface area contributed by atoms with Gasteiger partial charge >= 0.3 is 5.97 Å². The molecule has 4 saturated carbocycles. The fourth-order valence-corrected chi connectivity index (χ4v) is 6.15. The molecule has 4 aliphatic rings. The zero-order chi connectivity index (χ0) is 18.7. The summed E-state index contributed by atoms with van der Waals surface area (Å²) in [5, 5.41) is 0. The first kappa shape index (κ1) is 19.7. The first-order valence-electron chi connectivity index (χ1n) is 10.6. The number of carbonyl (C=O) groups excluding carboxylic acids is 2. The van der Waals surface area contributed by atoms with Gasteiger partial charge in [0.1, 0.15) is 0 Å². The highest BCUT2D eigenvalue weighted by Crippen LogP contribution is 2.60. The van der Waals surface area contributed by atoms with Crippen molar-refractivity contribution in [2.75, 3.05) is 39.8 Å². The molecular weight excluding hydrogens is 328 g/mol. The van der Waals surface area contributed by atoms with Crippen LogP contribution in [0.5, 0.6) is 0 Å². The van der Waals surface area contributed by atoms with Crippen LogP contribution in [0.3, 0.4) is 0 Å². The summed E-state index contributed by atoms with van der Waals surface area (Å²) in [5.74, 6) is 2.38. The summed E-state index contributed by atoms with van der Waals surface area (Å²) in [6.07, 6.45) is 7.57. The minimum Gasteiger partial charge on any atom is -0.469 e. The normalized spacial score (nSPS) is 32.1. The third-order valence-electron chi connectivity index (χ3n) is 7.17. The number of likely N-dealkylation sites (N-methyl/N-ethyl adjacent to an activating group) is 1. The van der Waals surface area contributed by atoms with Gasteiger partial charge in [-0.3, -0.25) is 9.59 Å². The first-order valence-corrected chi connectivity index (χ1v) is 10.6. The van der Waals surface area contributed by atoms with Crippen molar-refractivity contribution >= 4 is 11.9 Å². The predicted octanol–water partition coefficient (Wildman–Crippen LogP) is 2.94. The summed E-state index contributed by atoms with van der Waals surface area (Å²) in [6.45, 7) is 8.40. The number of nitrogens with zero attached hydrogens (tertiary/aromatic N) is 2.